The molecule has 0 radical (unpaired) electrons. The van der Waals surface area contributed by atoms with E-state index in [0.717, 1.165) is 0 Å². The number of hydrogen-bond acceptors (Lipinski definition) is 4. The second-order valence-corrected chi connectivity index (χ2v) is 7.36. The van der Waals surface area contributed by atoms with Gasteiger partial charge < -0.3 is 5.73 Å². The van der Waals surface area contributed by atoms with Crippen LogP contribution in [0.5, 0.6) is 0 Å². The van der Waals surface area contributed by atoms with Crippen LogP contribution >= 0.6 is 23.2 Å². The molecular formula is C22H14Cl2N4. The lowest BCUT2D eigenvalue weighted by Crippen LogP contribution is -2.37. The predicted octanol–water partition coefficient (Wildman–Crippen LogP) is 5.33. The fraction of sp³-hybridized carbons (Fsp3) is 0.136. The zero-order valence-corrected chi connectivity index (χ0v) is 16.4. The van der Waals surface area contributed by atoms with Gasteiger partial charge in [0.15, 0.2) is 5.41 Å². The third kappa shape index (κ3) is 2.92. The van der Waals surface area contributed by atoms with Crippen molar-refractivity contribution in [1.29, 1.82) is 15.8 Å². The van der Waals surface area contributed by atoms with Gasteiger partial charge in [0, 0.05) is 21.5 Å². The van der Waals surface area contributed by atoms with Gasteiger partial charge in [-0.2, -0.15) is 15.8 Å². The number of nitrogens with zero attached hydrogens (tertiary/aromatic N) is 3. The van der Waals surface area contributed by atoms with E-state index in [0.29, 0.717) is 32.3 Å². The van der Waals surface area contributed by atoms with Gasteiger partial charge in [-0.3, -0.25) is 0 Å². The molecule has 1 unspecified atom stereocenters. The zero-order chi connectivity index (χ0) is 20.5. The highest BCUT2D eigenvalue weighted by Gasteiger charge is 2.50. The Labute approximate surface area is 173 Å². The van der Waals surface area contributed by atoms with Gasteiger partial charge in [0.2, 0.25) is 0 Å². The maximum Gasteiger partial charge on any atom is 0.194 e. The molecule has 4 nitrogen and oxygen atoms in total. The minimum Gasteiger partial charge on any atom is -0.399 e. The number of benzene rings is 2. The summed E-state index contributed by atoms with van der Waals surface area (Å²) in [4.78, 5) is 0. The van der Waals surface area contributed by atoms with Crippen LogP contribution in [0.4, 0.5) is 0 Å². The quantitative estimate of drug-likeness (QED) is 0.730. The summed E-state index contributed by atoms with van der Waals surface area (Å²) in [5.74, 6) is -0.688. The summed E-state index contributed by atoms with van der Waals surface area (Å²) in [6, 6.07) is 20.2. The van der Waals surface area contributed by atoms with Crippen molar-refractivity contribution in [3.8, 4) is 18.2 Å². The van der Waals surface area contributed by atoms with Crippen molar-refractivity contribution >= 4 is 28.8 Å². The molecule has 136 valence electrons. The topological polar surface area (TPSA) is 97.4 Å². The smallest absolute Gasteiger partial charge is 0.194 e. The van der Waals surface area contributed by atoms with E-state index in [2.05, 4.69) is 18.2 Å². The molecule has 28 heavy (non-hydrogen) atoms. The standard InChI is InChI=1S/C22H14Cl2N4/c1-13-19(14-4-2-6-16(23)8-14)18(10-25)21(28)22(11-26,12-27)20(13)15-5-3-7-17(24)9-15/h2-9,20H,28H2,1H3. The normalized spacial score (nSPS) is 18.2. The van der Waals surface area contributed by atoms with Crippen LogP contribution in [0.25, 0.3) is 5.57 Å². The SMILES string of the molecule is CC1=C(c2cccc(Cl)c2)C(C#N)=C(N)C(C#N)(C#N)C1c1cccc(Cl)c1. The van der Waals surface area contributed by atoms with Crippen molar-refractivity contribution in [3.05, 3.63) is 86.5 Å². The van der Waals surface area contributed by atoms with Gasteiger partial charge in [-0.05, 0) is 42.3 Å². The van der Waals surface area contributed by atoms with E-state index >= 15 is 0 Å². The minimum atomic E-state index is -1.72. The molecule has 0 heterocycles. The number of hydrogen-bond donors (Lipinski definition) is 1. The molecule has 0 fully saturated rings. The summed E-state index contributed by atoms with van der Waals surface area (Å²) in [6.45, 7) is 1.80. The Hall–Kier alpha value is -3.23. The summed E-state index contributed by atoms with van der Waals surface area (Å²) >= 11 is 12.3. The van der Waals surface area contributed by atoms with Gasteiger partial charge in [-0.15, -0.1) is 0 Å². The van der Waals surface area contributed by atoms with Crippen molar-refractivity contribution in [2.45, 2.75) is 12.8 Å². The first kappa shape index (κ1) is 19.5. The maximum atomic E-state index is 9.97. The van der Waals surface area contributed by atoms with Gasteiger partial charge in [0.1, 0.15) is 6.07 Å². The number of nitriles is 3. The molecule has 1 aliphatic rings. The van der Waals surface area contributed by atoms with Gasteiger partial charge >= 0.3 is 0 Å². The van der Waals surface area contributed by atoms with Crippen LogP contribution in [0.1, 0.15) is 24.0 Å². The molecule has 0 aromatic heterocycles. The molecule has 0 aliphatic heterocycles. The molecule has 0 spiro atoms. The largest absolute Gasteiger partial charge is 0.399 e. The Morgan fingerprint density at radius 1 is 0.964 bits per heavy atom. The Morgan fingerprint density at radius 3 is 2.11 bits per heavy atom. The fourth-order valence-electron chi connectivity index (χ4n) is 3.75. The molecular weight excluding hydrogens is 391 g/mol. The molecule has 1 atom stereocenters. The highest BCUT2D eigenvalue weighted by Crippen LogP contribution is 2.53. The molecule has 2 aromatic carbocycles. The highest BCUT2D eigenvalue weighted by molar-refractivity contribution is 6.31. The van der Waals surface area contributed by atoms with E-state index in [9.17, 15) is 15.8 Å². The van der Waals surface area contributed by atoms with Gasteiger partial charge in [-0.1, -0.05) is 53.0 Å². The first-order chi connectivity index (χ1) is 13.4. The Kier molecular flexibility index (Phi) is 5.17. The molecule has 2 aromatic rings. The fourth-order valence-corrected chi connectivity index (χ4v) is 4.14. The van der Waals surface area contributed by atoms with Gasteiger partial charge in [0.05, 0.1) is 23.4 Å². The second-order valence-electron chi connectivity index (χ2n) is 6.49. The van der Waals surface area contributed by atoms with Gasteiger partial charge in [-0.25, -0.2) is 0 Å². The summed E-state index contributed by atoms with van der Waals surface area (Å²) < 4.78 is 0. The first-order valence-corrected chi connectivity index (χ1v) is 9.10. The van der Waals surface area contributed by atoms with Crippen LogP contribution in [0, 0.1) is 39.4 Å². The number of rotatable bonds is 2. The van der Waals surface area contributed by atoms with Crippen LogP contribution in [0.15, 0.2) is 65.4 Å². The van der Waals surface area contributed by atoms with Crippen LogP contribution in [-0.4, -0.2) is 0 Å². The molecule has 6 heteroatoms. The maximum absolute atomic E-state index is 9.97. The van der Waals surface area contributed by atoms with Gasteiger partial charge in [0.25, 0.3) is 0 Å². The van der Waals surface area contributed by atoms with Crippen molar-refractivity contribution in [2.24, 2.45) is 11.1 Å². The Bertz CT molecular complexity index is 1140. The van der Waals surface area contributed by atoms with Crippen LogP contribution < -0.4 is 5.73 Å². The monoisotopic (exact) mass is 404 g/mol. The summed E-state index contributed by atoms with van der Waals surface area (Å²) in [6.07, 6.45) is 0. The van der Waals surface area contributed by atoms with E-state index < -0.39 is 11.3 Å². The van der Waals surface area contributed by atoms with Crippen molar-refractivity contribution in [3.63, 3.8) is 0 Å². The molecule has 0 saturated heterocycles. The lowest BCUT2D eigenvalue weighted by atomic mass is 9.62. The molecule has 0 amide bonds. The predicted molar refractivity (Wildman–Crippen MR) is 109 cm³/mol. The molecule has 1 aliphatic carbocycles. The van der Waals surface area contributed by atoms with E-state index in [1.165, 1.54) is 0 Å². The van der Waals surface area contributed by atoms with E-state index in [-0.39, 0.29) is 11.3 Å². The summed E-state index contributed by atoms with van der Waals surface area (Å²) in [5, 5.41) is 30.7. The molecule has 3 rings (SSSR count). The zero-order valence-electron chi connectivity index (χ0n) is 14.9. The van der Waals surface area contributed by atoms with Crippen molar-refractivity contribution in [2.75, 3.05) is 0 Å². The van der Waals surface area contributed by atoms with Crippen LogP contribution in [0.2, 0.25) is 10.0 Å². The average Bonchev–Trinajstić information content (AvgIpc) is 2.68. The van der Waals surface area contributed by atoms with E-state index in [1.807, 2.05) is 6.07 Å². The third-order valence-electron chi connectivity index (χ3n) is 4.96. The van der Waals surface area contributed by atoms with Crippen LogP contribution in [0.3, 0.4) is 0 Å². The Morgan fingerprint density at radius 2 is 1.57 bits per heavy atom. The van der Waals surface area contributed by atoms with E-state index in [4.69, 9.17) is 28.9 Å². The number of halogens is 2. The molecule has 0 saturated carbocycles. The van der Waals surface area contributed by atoms with Crippen molar-refractivity contribution < 1.29 is 0 Å². The first-order valence-electron chi connectivity index (χ1n) is 8.35. The average molecular weight is 405 g/mol. The number of allylic oxidation sites excluding steroid dienone is 4. The van der Waals surface area contributed by atoms with E-state index in [1.54, 1.807) is 49.4 Å². The van der Waals surface area contributed by atoms with Crippen LogP contribution in [-0.2, 0) is 0 Å². The minimum absolute atomic E-state index is 0.0643. The Balaban J connectivity index is 2.42. The van der Waals surface area contributed by atoms with Crippen molar-refractivity contribution in [1.82, 2.24) is 0 Å². The lowest BCUT2D eigenvalue weighted by Gasteiger charge is -2.37. The summed E-state index contributed by atoms with van der Waals surface area (Å²) in [7, 11) is 0. The second kappa shape index (κ2) is 7.41. The molecule has 2 N–H and O–H groups in total. The summed E-state index contributed by atoms with van der Waals surface area (Å²) in [5.41, 5.74) is 7.25. The number of nitrogens with two attached hydrogens (primary N) is 1. The molecule has 0 bridgehead atoms. The highest BCUT2D eigenvalue weighted by atomic mass is 35.5. The lowest BCUT2D eigenvalue weighted by molar-refractivity contribution is 0.512. The third-order valence-corrected chi connectivity index (χ3v) is 5.43.